The predicted molar refractivity (Wildman–Crippen MR) is 115 cm³/mol. The van der Waals surface area contributed by atoms with E-state index in [1.807, 2.05) is 0 Å². The van der Waals surface area contributed by atoms with Crippen molar-refractivity contribution in [1.82, 2.24) is 23.8 Å². The summed E-state index contributed by atoms with van der Waals surface area (Å²) in [4.78, 5) is 11.7. The van der Waals surface area contributed by atoms with Crippen molar-refractivity contribution in [3.63, 3.8) is 0 Å². The third-order valence-corrected chi connectivity index (χ3v) is 8.03. The molecule has 1 aliphatic carbocycles. The van der Waals surface area contributed by atoms with Crippen molar-refractivity contribution in [2.24, 2.45) is 0 Å². The van der Waals surface area contributed by atoms with E-state index in [4.69, 9.17) is 0 Å². The van der Waals surface area contributed by atoms with E-state index in [1.165, 1.54) is 17.1 Å². The number of sulfonamides is 1. The van der Waals surface area contributed by atoms with Crippen LogP contribution < -0.4 is 5.32 Å². The van der Waals surface area contributed by atoms with E-state index >= 15 is 0 Å². The van der Waals surface area contributed by atoms with E-state index in [0.29, 0.717) is 19.0 Å². The summed E-state index contributed by atoms with van der Waals surface area (Å²) < 4.78 is 82.9. The average molecular weight is 507 g/mol. The molecule has 0 unspecified atom stereocenters. The van der Waals surface area contributed by atoms with Gasteiger partial charge in [0.25, 0.3) is 0 Å². The van der Waals surface area contributed by atoms with Crippen LogP contribution in [0.3, 0.4) is 0 Å². The average Bonchev–Trinajstić information content (AvgIpc) is 3.48. The van der Waals surface area contributed by atoms with E-state index in [-0.39, 0.29) is 37.7 Å². The van der Waals surface area contributed by atoms with Crippen LogP contribution in [0.5, 0.6) is 0 Å². The Bertz CT molecular complexity index is 1140. The molecular weight excluding hydrogens is 480 g/mol. The minimum Gasteiger partial charge on any atom is -0.389 e. The maximum atomic E-state index is 14.8. The van der Waals surface area contributed by atoms with Gasteiger partial charge in [-0.15, -0.1) is 0 Å². The van der Waals surface area contributed by atoms with Crippen LogP contribution in [0, 0.1) is 0 Å². The largest absolute Gasteiger partial charge is 0.420 e. The molecule has 1 aliphatic heterocycles. The van der Waals surface area contributed by atoms with Gasteiger partial charge < -0.3 is 15.0 Å². The summed E-state index contributed by atoms with van der Waals surface area (Å²) >= 11 is 0. The van der Waals surface area contributed by atoms with Crippen molar-refractivity contribution in [3.05, 3.63) is 24.3 Å². The highest BCUT2D eigenvalue weighted by molar-refractivity contribution is 7.90. The van der Waals surface area contributed by atoms with Gasteiger partial charge in [0.05, 0.1) is 29.8 Å². The molecule has 1 saturated carbocycles. The molecule has 0 bridgehead atoms. The Balaban J connectivity index is 1.54. The molecule has 188 valence electrons. The second-order valence-corrected chi connectivity index (χ2v) is 11.6. The molecule has 2 aliphatic rings. The first-order valence-corrected chi connectivity index (χ1v) is 12.3. The standard InChI is InChI=1S/C20H26F4N6O3S/c1-19(2,31)10-29-9-16(26-11-29)17-13(20(22,23)24)7-25-18(28-17)27-15-5-6-30(8-14(15)21)34(32,33)12-3-4-12/h7,9,11-12,14-15,31H,3-6,8,10H2,1-2H3,(H,25,27,28)/t14-,15-/m1/s1. The molecule has 0 spiro atoms. The van der Waals surface area contributed by atoms with Crippen LogP contribution in [0.15, 0.2) is 18.7 Å². The minimum atomic E-state index is -4.75. The lowest BCUT2D eigenvalue weighted by molar-refractivity contribution is -0.137. The number of aromatic nitrogens is 4. The summed E-state index contributed by atoms with van der Waals surface area (Å²) in [6.07, 6.45) is -1.83. The zero-order valence-electron chi connectivity index (χ0n) is 18.6. The van der Waals surface area contributed by atoms with Crippen LogP contribution in [0.1, 0.15) is 38.7 Å². The summed E-state index contributed by atoms with van der Waals surface area (Å²) in [5.74, 6) is -0.216. The van der Waals surface area contributed by atoms with Crippen molar-refractivity contribution in [2.75, 3.05) is 18.4 Å². The number of nitrogens with zero attached hydrogens (tertiary/aromatic N) is 5. The number of hydrogen-bond acceptors (Lipinski definition) is 7. The number of anilines is 1. The number of rotatable bonds is 7. The molecule has 2 N–H and O–H groups in total. The Kier molecular flexibility index (Phi) is 6.36. The molecule has 4 rings (SSSR count). The molecule has 2 aromatic rings. The summed E-state index contributed by atoms with van der Waals surface area (Å²) in [6, 6.07) is -0.858. The SMILES string of the molecule is CC(C)(O)Cn1cnc(-c2nc(N[C@@H]3CCN(S(=O)(=O)C4CC4)C[C@H]3F)ncc2C(F)(F)F)c1. The Morgan fingerprint density at radius 3 is 2.50 bits per heavy atom. The highest BCUT2D eigenvalue weighted by Gasteiger charge is 2.44. The lowest BCUT2D eigenvalue weighted by Gasteiger charge is -2.34. The predicted octanol–water partition coefficient (Wildman–Crippen LogP) is 2.45. The Labute approximate surface area is 194 Å². The Hall–Kier alpha value is -2.32. The minimum absolute atomic E-state index is 0.0795. The number of alkyl halides is 4. The molecule has 2 fully saturated rings. The summed E-state index contributed by atoms with van der Waals surface area (Å²) in [5.41, 5.74) is -2.78. The first kappa shape index (κ1) is 24.8. The van der Waals surface area contributed by atoms with Crippen molar-refractivity contribution in [2.45, 2.75) is 68.9 Å². The van der Waals surface area contributed by atoms with Crippen LogP contribution in [-0.4, -0.2) is 73.5 Å². The van der Waals surface area contributed by atoms with Gasteiger partial charge >= 0.3 is 6.18 Å². The zero-order chi connectivity index (χ0) is 24.9. The van der Waals surface area contributed by atoms with Gasteiger partial charge in [-0.05, 0) is 33.1 Å². The van der Waals surface area contributed by atoms with E-state index in [0.717, 1.165) is 4.31 Å². The third-order valence-electron chi connectivity index (χ3n) is 5.66. The van der Waals surface area contributed by atoms with Crippen LogP contribution in [0.2, 0.25) is 0 Å². The fraction of sp³-hybridized carbons (Fsp3) is 0.650. The highest BCUT2D eigenvalue weighted by Crippen LogP contribution is 2.36. The summed E-state index contributed by atoms with van der Waals surface area (Å²) in [6.45, 7) is 2.98. The quantitative estimate of drug-likeness (QED) is 0.555. The molecule has 0 radical (unpaired) electrons. The normalized spacial score (nSPS) is 22.7. The van der Waals surface area contributed by atoms with Gasteiger partial charge in [-0.1, -0.05) is 0 Å². The van der Waals surface area contributed by atoms with Crippen LogP contribution in [0.25, 0.3) is 11.4 Å². The van der Waals surface area contributed by atoms with Gasteiger partial charge in [0, 0.05) is 25.5 Å². The van der Waals surface area contributed by atoms with Crippen molar-refractivity contribution in [3.8, 4) is 11.4 Å². The lowest BCUT2D eigenvalue weighted by Crippen LogP contribution is -2.50. The van der Waals surface area contributed by atoms with Gasteiger partial charge in [0.15, 0.2) is 0 Å². The fourth-order valence-electron chi connectivity index (χ4n) is 3.88. The van der Waals surface area contributed by atoms with Crippen molar-refractivity contribution < 1.29 is 31.1 Å². The number of hydrogen-bond donors (Lipinski definition) is 2. The topological polar surface area (TPSA) is 113 Å². The lowest BCUT2D eigenvalue weighted by atomic mass is 10.1. The molecule has 2 atom stereocenters. The number of piperidine rings is 1. The third kappa shape index (κ3) is 5.49. The monoisotopic (exact) mass is 506 g/mol. The van der Waals surface area contributed by atoms with Gasteiger partial charge in [-0.25, -0.2) is 27.8 Å². The number of imidazole rings is 1. The van der Waals surface area contributed by atoms with Crippen molar-refractivity contribution >= 4 is 16.0 Å². The van der Waals surface area contributed by atoms with E-state index in [1.54, 1.807) is 13.8 Å². The Morgan fingerprint density at radius 2 is 1.91 bits per heavy atom. The van der Waals surface area contributed by atoms with Gasteiger partial charge in [-0.3, -0.25) is 0 Å². The van der Waals surface area contributed by atoms with E-state index in [2.05, 4.69) is 20.3 Å². The smallest absolute Gasteiger partial charge is 0.389 e. The van der Waals surface area contributed by atoms with Gasteiger partial charge in [0.2, 0.25) is 16.0 Å². The molecule has 9 nitrogen and oxygen atoms in total. The number of aliphatic hydroxyl groups is 1. The molecule has 3 heterocycles. The highest BCUT2D eigenvalue weighted by atomic mass is 32.2. The molecular formula is C20H26F4N6O3S. The molecule has 0 amide bonds. The summed E-state index contributed by atoms with van der Waals surface area (Å²) in [5, 5.41) is 12.2. The first-order chi connectivity index (χ1) is 15.7. The molecule has 34 heavy (non-hydrogen) atoms. The molecule has 2 aromatic heterocycles. The fourth-order valence-corrected chi connectivity index (χ4v) is 5.75. The maximum absolute atomic E-state index is 14.8. The molecule has 1 saturated heterocycles. The van der Waals surface area contributed by atoms with Gasteiger partial charge in [0.1, 0.15) is 23.1 Å². The van der Waals surface area contributed by atoms with Crippen LogP contribution in [-0.2, 0) is 22.7 Å². The molecule has 14 heteroatoms. The van der Waals surface area contributed by atoms with E-state index in [9.17, 15) is 31.1 Å². The maximum Gasteiger partial charge on any atom is 0.420 e. The van der Waals surface area contributed by atoms with Gasteiger partial charge in [-0.2, -0.15) is 17.5 Å². The molecule has 0 aromatic carbocycles. The summed E-state index contributed by atoms with van der Waals surface area (Å²) in [7, 11) is -3.51. The number of nitrogens with one attached hydrogen (secondary N) is 1. The Morgan fingerprint density at radius 1 is 1.21 bits per heavy atom. The van der Waals surface area contributed by atoms with E-state index < -0.39 is 50.5 Å². The van der Waals surface area contributed by atoms with Crippen LogP contribution in [0.4, 0.5) is 23.5 Å². The first-order valence-electron chi connectivity index (χ1n) is 10.8. The number of halogens is 4. The van der Waals surface area contributed by atoms with Crippen molar-refractivity contribution in [1.29, 1.82) is 0 Å². The van der Waals surface area contributed by atoms with Crippen LogP contribution >= 0.6 is 0 Å². The second-order valence-electron chi connectivity index (χ2n) is 9.36. The zero-order valence-corrected chi connectivity index (χ0v) is 19.4. The second kappa shape index (κ2) is 8.72.